The minimum Gasteiger partial charge on any atom is -0.504 e. The van der Waals surface area contributed by atoms with Gasteiger partial charge in [0.1, 0.15) is 12.8 Å². The zero-order chi connectivity index (χ0) is 16.4. The van der Waals surface area contributed by atoms with Gasteiger partial charge in [-0.25, -0.2) is 4.79 Å². The second kappa shape index (κ2) is 9.59. The van der Waals surface area contributed by atoms with Crippen LogP contribution in [-0.2, 0) is 16.1 Å². The summed E-state index contributed by atoms with van der Waals surface area (Å²) in [5.74, 6) is -0.117. The van der Waals surface area contributed by atoms with Gasteiger partial charge >= 0.3 is 5.97 Å². The number of aliphatic hydroxyl groups is 1. The van der Waals surface area contributed by atoms with Crippen LogP contribution in [0.2, 0.25) is 0 Å². The third-order valence-corrected chi connectivity index (χ3v) is 2.71. The summed E-state index contributed by atoms with van der Waals surface area (Å²) >= 11 is 0. The smallest absolute Gasteiger partial charge is 0.330 e. The molecule has 0 fully saturated rings. The number of phenolic OH excluding ortho intramolecular Hbond substituents is 1. The molecule has 0 bridgehead atoms. The largest absolute Gasteiger partial charge is 0.504 e. The Morgan fingerprint density at radius 2 is 2.18 bits per heavy atom. The number of hydrogen-bond acceptors (Lipinski definition) is 6. The molecule has 0 spiro atoms. The maximum absolute atomic E-state index is 11.3. The molecule has 6 heteroatoms. The summed E-state index contributed by atoms with van der Waals surface area (Å²) in [7, 11) is 1.46. The zero-order valence-corrected chi connectivity index (χ0v) is 12.7. The first-order valence-electron chi connectivity index (χ1n) is 6.80. The van der Waals surface area contributed by atoms with E-state index < -0.39 is 12.2 Å². The monoisotopic (exact) mass is 307 g/mol. The fraction of sp³-hybridized carbons (Fsp3) is 0.312. The Morgan fingerprint density at radius 3 is 2.86 bits per heavy atom. The number of hydrogen-bond donors (Lipinski definition) is 3. The lowest BCUT2D eigenvalue weighted by Gasteiger charge is -2.13. The Kier molecular flexibility index (Phi) is 7.74. The predicted octanol–water partition coefficient (Wildman–Crippen LogP) is 1.48. The van der Waals surface area contributed by atoms with Gasteiger partial charge in [0.2, 0.25) is 0 Å². The summed E-state index contributed by atoms with van der Waals surface area (Å²) in [6.07, 6.45) is 5.33. The number of methoxy groups -OCH3 is 1. The van der Waals surface area contributed by atoms with Crippen LogP contribution >= 0.6 is 0 Å². The van der Waals surface area contributed by atoms with E-state index in [1.807, 2.05) is 6.92 Å². The van der Waals surface area contributed by atoms with Crippen molar-refractivity contribution in [3.8, 4) is 11.5 Å². The summed E-state index contributed by atoms with van der Waals surface area (Å²) in [4.78, 5) is 11.3. The number of phenols is 1. The minimum atomic E-state index is -0.987. The molecule has 3 N–H and O–H groups in total. The number of benzene rings is 1. The van der Waals surface area contributed by atoms with Crippen LogP contribution in [0.1, 0.15) is 12.5 Å². The van der Waals surface area contributed by atoms with E-state index in [0.717, 1.165) is 5.56 Å². The number of aromatic hydroxyl groups is 1. The molecule has 0 saturated carbocycles. The van der Waals surface area contributed by atoms with E-state index in [2.05, 4.69) is 5.32 Å². The molecular formula is C16H21NO5. The Morgan fingerprint density at radius 1 is 1.41 bits per heavy atom. The summed E-state index contributed by atoms with van der Waals surface area (Å²) in [5, 5.41) is 22.0. The summed E-state index contributed by atoms with van der Waals surface area (Å²) in [6, 6.07) is 4.86. The SMILES string of the molecule is C/C=C/C=C/C(=O)OCC(O)NCc1ccc(O)c(OC)c1. The highest BCUT2D eigenvalue weighted by Gasteiger charge is 2.08. The van der Waals surface area contributed by atoms with Crippen LogP contribution in [0, 0.1) is 0 Å². The Bertz CT molecular complexity index is 539. The zero-order valence-electron chi connectivity index (χ0n) is 12.7. The average molecular weight is 307 g/mol. The maximum Gasteiger partial charge on any atom is 0.330 e. The predicted molar refractivity (Wildman–Crippen MR) is 82.4 cm³/mol. The summed E-state index contributed by atoms with van der Waals surface area (Å²) in [5.41, 5.74) is 0.813. The lowest BCUT2D eigenvalue weighted by atomic mass is 10.2. The molecule has 1 aromatic rings. The molecule has 0 radical (unpaired) electrons. The molecular weight excluding hydrogens is 286 g/mol. The topological polar surface area (TPSA) is 88.0 Å². The van der Waals surface area contributed by atoms with Gasteiger partial charge in [-0.15, -0.1) is 0 Å². The van der Waals surface area contributed by atoms with Gasteiger partial charge in [0, 0.05) is 12.6 Å². The van der Waals surface area contributed by atoms with Gasteiger partial charge in [-0.2, -0.15) is 0 Å². The molecule has 6 nitrogen and oxygen atoms in total. The highest BCUT2D eigenvalue weighted by molar-refractivity contribution is 5.82. The lowest BCUT2D eigenvalue weighted by Crippen LogP contribution is -2.33. The summed E-state index contributed by atoms with van der Waals surface area (Å²) in [6.45, 7) is 2.01. The van der Waals surface area contributed by atoms with E-state index in [9.17, 15) is 15.0 Å². The standard InChI is InChI=1S/C16H21NO5/c1-3-4-5-6-16(20)22-11-15(19)17-10-12-7-8-13(18)14(9-12)21-2/h3-9,15,17-19H,10-11H2,1-2H3/b4-3+,6-5+. The number of rotatable bonds is 8. The van der Waals surface area contributed by atoms with Crippen LogP contribution in [0.4, 0.5) is 0 Å². The van der Waals surface area contributed by atoms with Gasteiger partial charge < -0.3 is 19.7 Å². The average Bonchev–Trinajstić information content (AvgIpc) is 2.52. The molecule has 1 atom stereocenters. The van der Waals surface area contributed by atoms with Crippen LogP contribution in [0.15, 0.2) is 42.5 Å². The van der Waals surface area contributed by atoms with Gasteiger partial charge in [0.15, 0.2) is 11.5 Å². The highest BCUT2D eigenvalue weighted by Crippen LogP contribution is 2.26. The Labute approximate surface area is 129 Å². The van der Waals surface area contributed by atoms with Crippen molar-refractivity contribution in [2.24, 2.45) is 0 Å². The molecule has 1 aromatic carbocycles. The minimum absolute atomic E-state index is 0.0497. The normalized spacial score (nSPS) is 12.7. The Hall–Kier alpha value is -2.31. The molecule has 0 aliphatic heterocycles. The number of carbonyl (C=O) groups is 1. The van der Waals surface area contributed by atoms with Gasteiger partial charge in [0.25, 0.3) is 0 Å². The quantitative estimate of drug-likeness (QED) is 0.292. The van der Waals surface area contributed by atoms with Crippen molar-refractivity contribution >= 4 is 5.97 Å². The molecule has 0 amide bonds. The molecule has 1 rings (SSSR count). The third kappa shape index (κ3) is 6.43. The third-order valence-electron chi connectivity index (χ3n) is 2.71. The van der Waals surface area contributed by atoms with Gasteiger partial charge in [-0.05, 0) is 24.6 Å². The van der Waals surface area contributed by atoms with E-state index in [1.165, 1.54) is 19.3 Å². The number of aliphatic hydroxyl groups excluding tert-OH is 1. The lowest BCUT2D eigenvalue weighted by molar-refractivity contribution is -0.141. The molecule has 1 unspecified atom stereocenters. The van der Waals surface area contributed by atoms with E-state index in [-0.39, 0.29) is 12.4 Å². The number of nitrogens with one attached hydrogen (secondary N) is 1. The van der Waals surface area contributed by atoms with Crippen LogP contribution in [0.25, 0.3) is 0 Å². The van der Waals surface area contributed by atoms with Gasteiger partial charge in [0.05, 0.1) is 7.11 Å². The molecule has 120 valence electrons. The molecule has 0 aliphatic rings. The number of allylic oxidation sites excluding steroid dienone is 3. The van der Waals surface area contributed by atoms with Crippen molar-refractivity contribution in [1.29, 1.82) is 0 Å². The first kappa shape index (κ1) is 17.7. The van der Waals surface area contributed by atoms with Crippen molar-refractivity contribution in [2.75, 3.05) is 13.7 Å². The van der Waals surface area contributed by atoms with Crippen LogP contribution < -0.4 is 10.1 Å². The Balaban J connectivity index is 2.37. The second-order valence-corrected chi connectivity index (χ2v) is 4.42. The molecule has 0 saturated heterocycles. The highest BCUT2D eigenvalue weighted by atomic mass is 16.5. The van der Waals surface area contributed by atoms with Crippen molar-refractivity contribution < 1.29 is 24.5 Å². The van der Waals surface area contributed by atoms with E-state index >= 15 is 0 Å². The van der Waals surface area contributed by atoms with E-state index in [0.29, 0.717) is 12.3 Å². The van der Waals surface area contributed by atoms with E-state index in [4.69, 9.17) is 9.47 Å². The first-order valence-corrected chi connectivity index (χ1v) is 6.80. The van der Waals surface area contributed by atoms with Crippen LogP contribution in [0.5, 0.6) is 11.5 Å². The second-order valence-electron chi connectivity index (χ2n) is 4.42. The summed E-state index contributed by atoms with van der Waals surface area (Å²) < 4.78 is 9.86. The fourth-order valence-electron chi connectivity index (χ4n) is 1.58. The molecule has 0 aromatic heterocycles. The van der Waals surface area contributed by atoms with Gasteiger partial charge in [-0.1, -0.05) is 24.3 Å². The molecule has 0 aliphatic carbocycles. The number of carbonyl (C=O) groups excluding carboxylic acids is 1. The van der Waals surface area contributed by atoms with Crippen molar-refractivity contribution in [3.63, 3.8) is 0 Å². The van der Waals surface area contributed by atoms with Crippen molar-refractivity contribution in [2.45, 2.75) is 19.7 Å². The first-order chi connectivity index (χ1) is 10.6. The maximum atomic E-state index is 11.3. The molecule has 0 heterocycles. The van der Waals surface area contributed by atoms with Crippen molar-refractivity contribution in [3.05, 3.63) is 48.1 Å². The van der Waals surface area contributed by atoms with Crippen molar-refractivity contribution in [1.82, 2.24) is 5.32 Å². The van der Waals surface area contributed by atoms with E-state index in [1.54, 1.807) is 30.4 Å². The van der Waals surface area contributed by atoms with Gasteiger partial charge in [-0.3, -0.25) is 5.32 Å². The molecule has 22 heavy (non-hydrogen) atoms. The number of ether oxygens (including phenoxy) is 2. The van der Waals surface area contributed by atoms with Crippen LogP contribution in [0.3, 0.4) is 0 Å². The number of esters is 1. The van der Waals surface area contributed by atoms with Crippen LogP contribution in [-0.4, -0.2) is 36.1 Å². The fourth-order valence-corrected chi connectivity index (χ4v) is 1.58.